The molecule has 6 rings (SSSR count). The molecule has 0 aliphatic carbocycles. The first-order chi connectivity index (χ1) is 24.2. The molecule has 0 saturated heterocycles. The number of carbonyl (C=O) groups excluding carboxylic acids is 2. The number of nitrogens with two attached hydrogens (primary N) is 1. The predicted molar refractivity (Wildman–Crippen MR) is 190 cm³/mol. The number of nitrogen functional groups attached to an aromatic ring is 1. The van der Waals surface area contributed by atoms with E-state index < -0.39 is 18.1 Å². The molecule has 1 aromatic heterocycles. The minimum atomic E-state index is -0.816. The van der Waals surface area contributed by atoms with Gasteiger partial charge in [0.15, 0.2) is 5.76 Å². The molecule has 0 bridgehead atoms. The van der Waals surface area contributed by atoms with Crippen LogP contribution in [0.5, 0.6) is 0 Å². The summed E-state index contributed by atoms with van der Waals surface area (Å²) in [6, 6.07) is 30.6. The number of para-hydroxylation sites is 3. The van der Waals surface area contributed by atoms with Gasteiger partial charge in [0.05, 0.1) is 30.3 Å². The Hall–Kier alpha value is -5.91. The molecule has 2 atom stereocenters. The van der Waals surface area contributed by atoms with Gasteiger partial charge in [-0.1, -0.05) is 66.7 Å². The van der Waals surface area contributed by atoms with Gasteiger partial charge < -0.3 is 30.9 Å². The summed E-state index contributed by atoms with van der Waals surface area (Å²) in [6.45, 7) is 2.21. The highest BCUT2D eigenvalue weighted by Crippen LogP contribution is 2.33. The SMILES string of the molecule is Cc1c([C@H]2C=C(C(=O)NCc3ccc(C(=O)Nc4ccccc4N)cc3)O[C@@H](OCc3ccc(CO)cc3)C2)c(=O)n(-c2ccccc2)n1C. The van der Waals surface area contributed by atoms with Crippen molar-refractivity contribution >= 4 is 23.2 Å². The van der Waals surface area contributed by atoms with E-state index in [0.29, 0.717) is 28.9 Å². The lowest BCUT2D eigenvalue weighted by molar-refractivity contribution is -0.150. The monoisotopic (exact) mass is 673 g/mol. The number of ether oxygens (including phenoxy) is 2. The summed E-state index contributed by atoms with van der Waals surface area (Å²) in [5, 5.41) is 15.1. The Kier molecular flexibility index (Phi) is 10.3. The van der Waals surface area contributed by atoms with Gasteiger partial charge in [-0.15, -0.1) is 0 Å². The van der Waals surface area contributed by atoms with E-state index in [-0.39, 0.29) is 37.0 Å². The Morgan fingerprint density at radius 1 is 0.900 bits per heavy atom. The highest BCUT2D eigenvalue weighted by atomic mass is 16.7. The molecule has 0 fully saturated rings. The van der Waals surface area contributed by atoms with Crippen LogP contribution < -0.4 is 21.9 Å². The number of nitrogens with one attached hydrogen (secondary N) is 2. The number of rotatable bonds is 11. The highest BCUT2D eigenvalue weighted by molar-refractivity contribution is 6.05. The molecule has 1 aliphatic heterocycles. The molecule has 11 nitrogen and oxygen atoms in total. The number of aliphatic hydroxyl groups is 1. The van der Waals surface area contributed by atoms with E-state index >= 15 is 0 Å². The van der Waals surface area contributed by atoms with Crippen molar-refractivity contribution in [2.24, 2.45) is 7.05 Å². The smallest absolute Gasteiger partial charge is 0.286 e. The Morgan fingerprint density at radius 3 is 2.26 bits per heavy atom. The van der Waals surface area contributed by atoms with Crippen LogP contribution in [0.2, 0.25) is 0 Å². The van der Waals surface area contributed by atoms with Crippen LogP contribution in [0.15, 0.2) is 120 Å². The summed E-state index contributed by atoms with van der Waals surface area (Å²) >= 11 is 0. The number of nitrogens with zero attached hydrogens (tertiary/aromatic N) is 2. The lowest BCUT2D eigenvalue weighted by Gasteiger charge is -2.29. The summed E-state index contributed by atoms with van der Waals surface area (Å²) < 4.78 is 15.7. The first-order valence-corrected chi connectivity index (χ1v) is 16.3. The molecular formula is C39H39N5O6. The van der Waals surface area contributed by atoms with Gasteiger partial charge in [0.1, 0.15) is 0 Å². The van der Waals surface area contributed by atoms with Crippen LogP contribution >= 0.6 is 0 Å². The number of anilines is 2. The zero-order chi connectivity index (χ0) is 35.2. The molecule has 11 heteroatoms. The van der Waals surface area contributed by atoms with Crippen LogP contribution in [0.1, 0.15) is 50.6 Å². The Bertz CT molecular complexity index is 2070. The van der Waals surface area contributed by atoms with Crippen LogP contribution in [0.3, 0.4) is 0 Å². The largest absolute Gasteiger partial charge is 0.459 e. The third-order valence-electron chi connectivity index (χ3n) is 8.77. The van der Waals surface area contributed by atoms with Crippen molar-refractivity contribution in [1.82, 2.24) is 14.7 Å². The van der Waals surface area contributed by atoms with Crippen LogP contribution in [-0.4, -0.2) is 32.6 Å². The predicted octanol–water partition coefficient (Wildman–Crippen LogP) is 5.06. The zero-order valence-corrected chi connectivity index (χ0v) is 27.8. The number of benzene rings is 4. The second-order valence-electron chi connectivity index (χ2n) is 12.1. The molecule has 0 unspecified atom stereocenters. The summed E-state index contributed by atoms with van der Waals surface area (Å²) in [5.74, 6) is -1.18. The quantitative estimate of drug-likeness (QED) is 0.143. The third-order valence-corrected chi connectivity index (χ3v) is 8.77. The Labute approximate surface area is 289 Å². The first kappa shape index (κ1) is 34.0. The number of aliphatic hydroxyl groups excluding tert-OH is 1. The molecule has 0 radical (unpaired) electrons. The van der Waals surface area contributed by atoms with Crippen LogP contribution in [0, 0.1) is 6.92 Å². The van der Waals surface area contributed by atoms with Gasteiger partial charge in [-0.25, -0.2) is 4.68 Å². The van der Waals surface area contributed by atoms with Crippen molar-refractivity contribution in [1.29, 1.82) is 0 Å². The van der Waals surface area contributed by atoms with E-state index in [1.807, 2.05) is 73.3 Å². The normalized spacial score (nSPS) is 15.5. The van der Waals surface area contributed by atoms with Crippen LogP contribution in [-0.2, 0) is 41.1 Å². The van der Waals surface area contributed by atoms with Gasteiger partial charge in [0.2, 0.25) is 6.29 Å². The molecule has 4 aromatic carbocycles. The minimum absolute atomic E-state index is 0.0484. The summed E-state index contributed by atoms with van der Waals surface area (Å²) in [6.07, 6.45) is 1.19. The van der Waals surface area contributed by atoms with Crippen molar-refractivity contribution in [2.45, 2.75) is 45.3 Å². The second-order valence-corrected chi connectivity index (χ2v) is 12.1. The number of hydrogen-bond acceptors (Lipinski definition) is 7. The number of amides is 2. The fourth-order valence-electron chi connectivity index (χ4n) is 5.91. The summed E-state index contributed by atoms with van der Waals surface area (Å²) in [7, 11) is 1.83. The van der Waals surface area contributed by atoms with Crippen LogP contribution in [0.4, 0.5) is 11.4 Å². The summed E-state index contributed by atoms with van der Waals surface area (Å²) in [4.78, 5) is 40.2. The number of carbonyl (C=O) groups is 2. The van der Waals surface area contributed by atoms with Gasteiger partial charge in [-0.2, -0.15) is 0 Å². The number of hydrogen-bond donors (Lipinski definition) is 4. The molecule has 1 aliphatic rings. The maximum atomic E-state index is 13.9. The Morgan fingerprint density at radius 2 is 1.56 bits per heavy atom. The molecule has 2 amide bonds. The van der Waals surface area contributed by atoms with Gasteiger partial charge in [0, 0.05) is 42.8 Å². The molecule has 2 heterocycles. The minimum Gasteiger partial charge on any atom is -0.459 e. The highest BCUT2D eigenvalue weighted by Gasteiger charge is 2.33. The lowest BCUT2D eigenvalue weighted by Crippen LogP contribution is -2.33. The molecule has 5 aromatic rings. The zero-order valence-electron chi connectivity index (χ0n) is 27.8. The van der Waals surface area contributed by atoms with E-state index in [2.05, 4.69) is 10.6 Å². The average molecular weight is 674 g/mol. The fourth-order valence-corrected chi connectivity index (χ4v) is 5.91. The average Bonchev–Trinajstić information content (AvgIpc) is 3.37. The third kappa shape index (κ3) is 7.54. The molecule has 256 valence electrons. The molecule has 0 saturated carbocycles. The molecular weight excluding hydrogens is 634 g/mol. The topological polar surface area (TPSA) is 150 Å². The van der Waals surface area contributed by atoms with E-state index in [1.165, 1.54) is 0 Å². The maximum absolute atomic E-state index is 13.9. The van der Waals surface area contributed by atoms with Crippen molar-refractivity contribution < 1.29 is 24.2 Å². The number of allylic oxidation sites excluding steroid dienone is 1. The van der Waals surface area contributed by atoms with E-state index in [0.717, 1.165) is 28.1 Å². The van der Waals surface area contributed by atoms with E-state index in [9.17, 15) is 19.5 Å². The van der Waals surface area contributed by atoms with Crippen molar-refractivity contribution in [2.75, 3.05) is 11.1 Å². The molecule has 0 spiro atoms. The van der Waals surface area contributed by atoms with E-state index in [1.54, 1.807) is 59.3 Å². The van der Waals surface area contributed by atoms with Crippen molar-refractivity contribution in [3.63, 3.8) is 0 Å². The Balaban J connectivity index is 1.20. The fraction of sp³-hybridized carbons (Fsp3) is 0.205. The number of aromatic nitrogens is 2. The van der Waals surface area contributed by atoms with Gasteiger partial charge in [0.25, 0.3) is 17.4 Å². The van der Waals surface area contributed by atoms with Gasteiger partial charge in [-0.3, -0.25) is 19.1 Å². The maximum Gasteiger partial charge on any atom is 0.286 e. The van der Waals surface area contributed by atoms with Crippen molar-refractivity contribution in [3.8, 4) is 5.69 Å². The van der Waals surface area contributed by atoms with Crippen LogP contribution in [0.25, 0.3) is 5.69 Å². The lowest BCUT2D eigenvalue weighted by atomic mass is 9.93. The van der Waals surface area contributed by atoms with Gasteiger partial charge >= 0.3 is 0 Å². The molecule has 50 heavy (non-hydrogen) atoms. The van der Waals surface area contributed by atoms with Gasteiger partial charge in [-0.05, 0) is 66.1 Å². The van der Waals surface area contributed by atoms with E-state index in [4.69, 9.17) is 15.2 Å². The second kappa shape index (κ2) is 15.1. The summed E-state index contributed by atoms with van der Waals surface area (Å²) in [5.41, 5.74) is 11.7. The van der Waals surface area contributed by atoms with Crippen molar-refractivity contribution in [3.05, 3.63) is 159 Å². The first-order valence-electron chi connectivity index (χ1n) is 16.3. The standard InChI is InChI=1S/C39H39N5O6/c1-25-36(39(48)44(43(25)2)31-8-4-3-5-9-31)30-20-34(50-35(21-30)49-24-28-14-12-27(23-45)13-15-28)38(47)41-22-26-16-18-29(19-17-26)37(46)42-33-11-7-6-10-32(33)40/h3-20,30,35,45H,21-24,40H2,1-2H3,(H,41,47)(H,42,46)/t30-,35+/m0/s1. The molecule has 5 N–H and O–H groups in total.